The van der Waals surface area contributed by atoms with Crippen molar-refractivity contribution in [1.29, 1.82) is 0 Å². The van der Waals surface area contributed by atoms with Gasteiger partial charge in [-0.25, -0.2) is 22.0 Å². The summed E-state index contributed by atoms with van der Waals surface area (Å²) in [6, 6.07) is 11.1. The Morgan fingerprint density at radius 2 is 1.22 bits per heavy atom. The summed E-state index contributed by atoms with van der Waals surface area (Å²) in [5.41, 5.74) is 0.772. The molecule has 2 nitrogen and oxygen atoms in total. The van der Waals surface area contributed by atoms with Gasteiger partial charge in [0.1, 0.15) is 11.5 Å². The second-order valence-corrected chi connectivity index (χ2v) is 6.75. The third-order valence-corrected chi connectivity index (χ3v) is 4.24. The van der Waals surface area contributed by atoms with Crippen LogP contribution in [0.4, 0.5) is 30.7 Å². The Morgan fingerprint density at radius 3 is 1.72 bits per heavy atom. The van der Waals surface area contributed by atoms with Crippen molar-refractivity contribution in [3.63, 3.8) is 0 Å². The Kier molecular flexibility index (Phi) is 6.76. The summed E-state index contributed by atoms with van der Waals surface area (Å²) < 4.78 is 105. The lowest BCUT2D eigenvalue weighted by molar-refractivity contribution is -0.195. The van der Waals surface area contributed by atoms with Crippen LogP contribution in [-0.4, -0.2) is 12.7 Å². The van der Waals surface area contributed by atoms with Gasteiger partial charge in [0.15, 0.2) is 35.7 Å². The first-order valence-electron chi connectivity index (χ1n) is 9.12. The van der Waals surface area contributed by atoms with Crippen LogP contribution in [0.1, 0.15) is 16.7 Å². The van der Waals surface area contributed by atoms with E-state index in [4.69, 9.17) is 4.74 Å². The number of aryl methyl sites for hydroxylation is 1. The molecule has 0 bridgehead atoms. The second-order valence-electron chi connectivity index (χ2n) is 6.75. The van der Waals surface area contributed by atoms with Gasteiger partial charge in [0, 0.05) is 23.3 Å². The van der Waals surface area contributed by atoms with Crippen LogP contribution in [0.2, 0.25) is 0 Å². The molecule has 0 fully saturated rings. The van der Waals surface area contributed by atoms with E-state index in [0.717, 1.165) is 29.8 Å². The molecule has 0 aliphatic carbocycles. The summed E-state index contributed by atoms with van der Waals surface area (Å²) >= 11 is 0. The molecule has 0 saturated carbocycles. The van der Waals surface area contributed by atoms with E-state index in [9.17, 15) is 30.7 Å². The third-order valence-electron chi connectivity index (χ3n) is 4.24. The van der Waals surface area contributed by atoms with E-state index >= 15 is 0 Å². The van der Waals surface area contributed by atoms with Gasteiger partial charge in [-0.05, 0) is 31.2 Å². The zero-order chi connectivity index (χ0) is 23.5. The molecule has 9 heteroatoms. The average Bonchev–Trinajstić information content (AvgIpc) is 2.75. The van der Waals surface area contributed by atoms with Gasteiger partial charge in [-0.2, -0.15) is 8.78 Å². The van der Waals surface area contributed by atoms with Gasteiger partial charge in [-0.15, -0.1) is 0 Å². The third kappa shape index (κ3) is 5.60. The van der Waals surface area contributed by atoms with Crippen LogP contribution >= 0.6 is 0 Å². The van der Waals surface area contributed by atoms with Crippen molar-refractivity contribution in [2.45, 2.75) is 13.0 Å². The van der Waals surface area contributed by atoms with Crippen molar-refractivity contribution in [2.75, 3.05) is 6.61 Å². The van der Waals surface area contributed by atoms with Crippen LogP contribution < -0.4 is 9.47 Å². The number of hydrogen-bond donors (Lipinski definition) is 0. The molecule has 0 unspecified atom stereocenters. The fourth-order valence-corrected chi connectivity index (χ4v) is 2.61. The van der Waals surface area contributed by atoms with Crippen LogP contribution in [0.5, 0.6) is 11.5 Å². The van der Waals surface area contributed by atoms with Gasteiger partial charge >= 0.3 is 6.11 Å². The first-order chi connectivity index (χ1) is 15.1. The lowest BCUT2D eigenvalue weighted by Crippen LogP contribution is -2.32. The van der Waals surface area contributed by atoms with E-state index in [1.165, 1.54) is 12.1 Å². The zero-order valence-electron chi connectivity index (χ0n) is 16.4. The minimum Gasteiger partial charge on any atom is -0.483 e. The van der Waals surface area contributed by atoms with Crippen molar-refractivity contribution in [3.8, 4) is 11.5 Å². The normalized spacial score (nSPS) is 12.4. The zero-order valence-corrected chi connectivity index (χ0v) is 16.4. The molecule has 0 radical (unpaired) electrons. The number of ether oxygens (including phenoxy) is 2. The Balaban J connectivity index is 1.66. The maximum absolute atomic E-state index is 14.4. The first-order valence-corrected chi connectivity index (χ1v) is 9.12. The van der Waals surface area contributed by atoms with Gasteiger partial charge in [0.2, 0.25) is 0 Å². The van der Waals surface area contributed by atoms with Crippen LogP contribution in [0.15, 0.2) is 60.7 Å². The minimum atomic E-state index is -4.03. The number of alkyl halides is 2. The number of rotatable bonds is 7. The molecular formula is C23H15F7O2. The summed E-state index contributed by atoms with van der Waals surface area (Å²) in [5.74, 6) is -8.51. The summed E-state index contributed by atoms with van der Waals surface area (Å²) in [4.78, 5) is 0. The second kappa shape index (κ2) is 9.33. The van der Waals surface area contributed by atoms with E-state index in [1.54, 1.807) is 19.1 Å². The number of benzene rings is 3. The molecule has 0 amide bonds. The Hall–Kier alpha value is -3.49. The summed E-state index contributed by atoms with van der Waals surface area (Å²) in [7, 11) is 0. The predicted octanol–water partition coefficient (Wildman–Crippen LogP) is 7.23. The fourth-order valence-electron chi connectivity index (χ4n) is 2.61. The number of hydrogen-bond acceptors (Lipinski definition) is 2. The highest BCUT2D eigenvalue weighted by molar-refractivity contribution is 5.83. The molecule has 3 aromatic carbocycles. The SMILES string of the molecule is Cc1ccc(/C(F)=C(\F)c2ccc(OCC(F)(F)Oc3cc(F)c(F)c(F)c3)cc2)cc1. The molecule has 0 N–H and O–H groups in total. The van der Waals surface area contributed by atoms with Crippen LogP contribution in [0, 0.1) is 24.4 Å². The summed E-state index contributed by atoms with van der Waals surface area (Å²) in [6.07, 6.45) is -4.03. The largest absolute Gasteiger partial charge is 0.483 e. The van der Waals surface area contributed by atoms with E-state index in [-0.39, 0.29) is 29.0 Å². The monoisotopic (exact) mass is 456 g/mol. The lowest BCUT2D eigenvalue weighted by atomic mass is 10.1. The predicted molar refractivity (Wildman–Crippen MR) is 104 cm³/mol. The molecule has 3 aromatic rings. The summed E-state index contributed by atoms with van der Waals surface area (Å²) in [6.45, 7) is 0.425. The van der Waals surface area contributed by atoms with Crippen LogP contribution in [0.25, 0.3) is 11.7 Å². The maximum atomic E-state index is 14.4. The molecule has 0 heterocycles. The molecule has 0 saturated heterocycles. The smallest absolute Gasteiger partial charge is 0.433 e. The van der Waals surface area contributed by atoms with Crippen LogP contribution in [-0.2, 0) is 0 Å². The van der Waals surface area contributed by atoms with E-state index in [2.05, 4.69) is 4.74 Å². The van der Waals surface area contributed by atoms with Crippen LogP contribution in [0.3, 0.4) is 0 Å². The van der Waals surface area contributed by atoms with Crippen molar-refractivity contribution >= 4 is 11.7 Å². The Morgan fingerprint density at radius 1 is 0.750 bits per heavy atom. The first kappa shape index (κ1) is 23.2. The van der Waals surface area contributed by atoms with Crippen molar-refractivity contribution in [3.05, 3.63) is 94.8 Å². The standard InChI is InChI=1S/C23H15F7O2/c1-13-2-4-14(5-3-13)20(26)21(27)15-6-8-16(9-7-15)31-12-23(29,30)32-17-10-18(24)22(28)19(25)11-17/h2-11H,12H2,1H3/b21-20+. The molecule has 32 heavy (non-hydrogen) atoms. The highest BCUT2D eigenvalue weighted by Crippen LogP contribution is 2.30. The average molecular weight is 456 g/mol. The summed E-state index contributed by atoms with van der Waals surface area (Å²) in [5, 5.41) is 0. The van der Waals surface area contributed by atoms with Gasteiger partial charge in [0.05, 0.1) is 0 Å². The number of halogens is 7. The van der Waals surface area contributed by atoms with E-state index < -0.39 is 47.6 Å². The Labute approximate surface area is 178 Å². The molecular weight excluding hydrogens is 441 g/mol. The molecule has 168 valence electrons. The molecule has 3 rings (SSSR count). The molecule has 0 atom stereocenters. The highest BCUT2D eigenvalue weighted by atomic mass is 19.3. The fraction of sp³-hybridized carbons (Fsp3) is 0.130. The van der Waals surface area contributed by atoms with Gasteiger partial charge < -0.3 is 9.47 Å². The molecule has 0 spiro atoms. The molecule has 0 aliphatic rings. The molecule has 0 aliphatic heterocycles. The quantitative estimate of drug-likeness (QED) is 0.212. The van der Waals surface area contributed by atoms with Gasteiger partial charge in [0.25, 0.3) is 0 Å². The lowest BCUT2D eigenvalue weighted by Gasteiger charge is -2.18. The van der Waals surface area contributed by atoms with Crippen molar-refractivity contribution in [2.24, 2.45) is 0 Å². The van der Waals surface area contributed by atoms with E-state index in [1.807, 2.05) is 0 Å². The van der Waals surface area contributed by atoms with Crippen molar-refractivity contribution < 1.29 is 40.2 Å². The minimum absolute atomic E-state index is 0.0406. The van der Waals surface area contributed by atoms with Gasteiger partial charge in [-0.3, -0.25) is 0 Å². The Bertz CT molecular complexity index is 1100. The van der Waals surface area contributed by atoms with Crippen molar-refractivity contribution in [1.82, 2.24) is 0 Å². The maximum Gasteiger partial charge on any atom is 0.433 e. The highest BCUT2D eigenvalue weighted by Gasteiger charge is 2.34. The topological polar surface area (TPSA) is 18.5 Å². The van der Waals surface area contributed by atoms with Gasteiger partial charge in [-0.1, -0.05) is 29.8 Å². The van der Waals surface area contributed by atoms with E-state index in [0.29, 0.717) is 0 Å². The molecule has 0 aromatic heterocycles.